The van der Waals surface area contributed by atoms with E-state index in [1.807, 2.05) is 0 Å². The van der Waals surface area contributed by atoms with Crippen molar-refractivity contribution in [1.82, 2.24) is 15.1 Å². The maximum atomic E-state index is 12.6. The van der Waals surface area contributed by atoms with Crippen LogP contribution < -0.4 is 20.3 Å². The summed E-state index contributed by atoms with van der Waals surface area (Å²) in [6, 6.07) is 6.83. The summed E-state index contributed by atoms with van der Waals surface area (Å²) in [6.45, 7) is 3.47. The number of hydrogen-bond donors (Lipinski definition) is 2. The van der Waals surface area contributed by atoms with Crippen LogP contribution in [0, 0.1) is 13.8 Å². The van der Waals surface area contributed by atoms with Gasteiger partial charge in [-0.3, -0.25) is 9.59 Å². The Morgan fingerprint density at radius 3 is 2.59 bits per heavy atom. The van der Waals surface area contributed by atoms with Gasteiger partial charge in [0.05, 0.1) is 31.2 Å². The van der Waals surface area contributed by atoms with Crippen molar-refractivity contribution in [1.29, 1.82) is 0 Å². The Morgan fingerprint density at radius 1 is 1.21 bits per heavy atom. The minimum absolute atomic E-state index is 0.0595. The van der Waals surface area contributed by atoms with E-state index < -0.39 is 0 Å². The van der Waals surface area contributed by atoms with Crippen LogP contribution >= 0.6 is 11.8 Å². The van der Waals surface area contributed by atoms with Crippen molar-refractivity contribution in [2.24, 2.45) is 0 Å². The molecule has 0 bridgehead atoms. The number of H-pyrrole nitrogens is 1. The van der Waals surface area contributed by atoms with Crippen LogP contribution in [0.4, 0.5) is 5.82 Å². The summed E-state index contributed by atoms with van der Waals surface area (Å²) in [5.41, 5.74) is 1.32. The molecule has 0 spiro atoms. The molecule has 3 aromatic rings. The van der Waals surface area contributed by atoms with E-state index in [1.54, 1.807) is 45.2 Å². The standard InChI is InChI=1S/C19H20N4O5S/c1-10-7-15(23-28-10)21-16(24)9-29-19-20-11(2)17(18(25)22-19)12-5-6-13(26-3)14(8-12)27-4/h5-8H,9H2,1-4H3,(H,20,22,25)(H,21,23,24). The van der Waals surface area contributed by atoms with Gasteiger partial charge in [0.15, 0.2) is 22.5 Å². The van der Waals surface area contributed by atoms with Gasteiger partial charge < -0.3 is 24.3 Å². The van der Waals surface area contributed by atoms with Gasteiger partial charge in [-0.25, -0.2) is 4.98 Å². The molecule has 152 valence electrons. The normalized spacial score (nSPS) is 10.6. The molecule has 0 atom stereocenters. The quantitative estimate of drug-likeness (QED) is 0.446. The van der Waals surface area contributed by atoms with Gasteiger partial charge in [-0.2, -0.15) is 0 Å². The molecule has 10 heteroatoms. The molecule has 0 unspecified atom stereocenters. The van der Waals surface area contributed by atoms with Gasteiger partial charge in [0, 0.05) is 6.07 Å². The fraction of sp³-hybridized carbons (Fsp3) is 0.263. The molecule has 0 fully saturated rings. The molecule has 1 aromatic carbocycles. The summed E-state index contributed by atoms with van der Waals surface area (Å²) < 4.78 is 15.4. The minimum atomic E-state index is -0.306. The summed E-state index contributed by atoms with van der Waals surface area (Å²) >= 11 is 1.12. The molecule has 2 heterocycles. The fourth-order valence-electron chi connectivity index (χ4n) is 2.70. The highest BCUT2D eigenvalue weighted by Gasteiger charge is 2.15. The second-order valence-electron chi connectivity index (χ2n) is 6.06. The van der Waals surface area contributed by atoms with Crippen molar-refractivity contribution in [3.8, 4) is 22.6 Å². The van der Waals surface area contributed by atoms with E-state index in [9.17, 15) is 9.59 Å². The second-order valence-corrected chi connectivity index (χ2v) is 7.02. The van der Waals surface area contributed by atoms with Crippen LogP contribution in [0.5, 0.6) is 11.5 Å². The fourth-order valence-corrected chi connectivity index (χ4v) is 3.40. The highest BCUT2D eigenvalue weighted by Crippen LogP contribution is 2.32. The van der Waals surface area contributed by atoms with Crippen LogP contribution in [0.1, 0.15) is 11.5 Å². The van der Waals surface area contributed by atoms with E-state index in [1.165, 1.54) is 7.11 Å². The number of anilines is 1. The average Bonchev–Trinajstić information content (AvgIpc) is 3.10. The first kappa shape index (κ1) is 20.5. The predicted molar refractivity (Wildman–Crippen MR) is 109 cm³/mol. The largest absolute Gasteiger partial charge is 0.493 e. The lowest BCUT2D eigenvalue weighted by atomic mass is 10.1. The van der Waals surface area contributed by atoms with Gasteiger partial charge >= 0.3 is 0 Å². The van der Waals surface area contributed by atoms with E-state index >= 15 is 0 Å². The van der Waals surface area contributed by atoms with Gasteiger partial charge in [-0.05, 0) is 31.5 Å². The van der Waals surface area contributed by atoms with Gasteiger partial charge in [0.2, 0.25) is 5.91 Å². The minimum Gasteiger partial charge on any atom is -0.493 e. The Kier molecular flexibility index (Phi) is 6.23. The van der Waals surface area contributed by atoms with Crippen molar-refractivity contribution in [2.45, 2.75) is 19.0 Å². The maximum Gasteiger partial charge on any atom is 0.259 e. The highest BCUT2D eigenvalue weighted by atomic mass is 32.2. The number of thioether (sulfide) groups is 1. The lowest BCUT2D eigenvalue weighted by Gasteiger charge is -2.11. The first-order valence-corrected chi connectivity index (χ1v) is 9.59. The predicted octanol–water partition coefficient (Wildman–Crippen LogP) is 2.79. The van der Waals surface area contributed by atoms with Crippen molar-refractivity contribution < 1.29 is 18.8 Å². The Bertz CT molecular complexity index is 1090. The second kappa shape index (κ2) is 8.82. The molecule has 0 saturated carbocycles. The Hall–Kier alpha value is -3.27. The van der Waals surface area contributed by atoms with Crippen molar-refractivity contribution >= 4 is 23.5 Å². The lowest BCUT2D eigenvalue weighted by Crippen LogP contribution is -2.17. The summed E-state index contributed by atoms with van der Waals surface area (Å²) in [6.07, 6.45) is 0. The highest BCUT2D eigenvalue weighted by molar-refractivity contribution is 7.99. The van der Waals surface area contributed by atoms with Crippen LogP contribution in [0.3, 0.4) is 0 Å². The monoisotopic (exact) mass is 416 g/mol. The zero-order chi connectivity index (χ0) is 21.0. The zero-order valence-electron chi connectivity index (χ0n) is 16.4. The number of aryl methyl sites for hydroxylation is 2. The first-order valence-electron chi connectivity index (χ1n) is 8.60. The van der Waals surface area contributed by atoms with E-state index in [-0.39, 0.29) is 17.2 Å². The van der Waals surface area contributed by atoms with Crippen molar-refractivity contribution in [3.63, 3.8) is 0 Å². The Labute approximate surface area is 170 Å². The number of nitrogens with one attached hydrogen (secondary N) is 2. The molecule has 29 heavy (non-hydrogen) atoms. The van der Waals surface area contributed by atoms with E-state index in [0.29, 0.717) is 45.1 Å². The molecule has 2 N–H and O–H groups in total. The molecule has 0 saturated heterocycles. The number of aromatic nitrogens is 3. The molecular weight excluding hydrogens is 396 g/mol. The van der Waals surface area contributed by atoms with Gasteiger partial charge in [-0.15, -0.1) is 0 Å². The first-order chi connectivity index (χ1) is 13.9. The number of nitrogens with zero attached hydrogens (tertiary/aromatic N) is 2. The number of carbonyl (C=O) groups is 1. The third-order valence-electron chi connectivity index (χ3n) is 3.99. The number of ether oxygens (including phenoxy) is 2. The number of methoxy groups -OCH3 is 2. The summed E-state index contributed by atoms with van der Waals surface area (Å²) in [5.74, 6) is 1.80. The van der Waals surface area contributed by atoms with E-state index in [0.717, 1.165) is 11.8 Å². The molecule has 0 radical (unpaired) electrons. The molecule has 0 aliphatic heterocycles. The maximum absolute atomic E-state index is 12.6. The van der Waals surface area contributed by atoms with Gasteiger partial charge in [0.25, 0.3) is 5.56 Å². The smallest absolute Gasteiger partial charge is 0.259 e. The number of hydrogen-bond acceptors (Lipinski definition) is 8. The van der Waals surface area contributed by atoms with Crippen LogP contribution in [0.25, 0.3) is 11.1 Å². The van der Waals surface area contributed by atoms with Crippen LogP contribution in [-0.2, 0) is 4.79 Å². The summed E-state index contributed by atoms with van der Waals surface area (Å²) in [5, 5.41) is 6.66. The van der Waals surface area contributed by atoms with E-state index in [2.05, 4.69) is 20.4 Å². The lowest BCUT2D eigenvalue weighted by molar-refractivity contribution is -0.113. The van der Waals surface area contributed by atoms with Crippen LogP contribution in [0.2, 0.25) is 0 Å². The Balaban J connectivity index is 1.75. The van der Waals surface area contributed by atoms with E-state index in [4.69, 9.17) is 14.0 Å². The molecular formula is C19H20N4O5S. The average molecular weight is 416 g/mol. The molecule has 0 aliphatic rings. The summed E-state index contributed by atoms with van der Waals surface area (Å²) in [4.78, 5) is 31.8. The summed E-state index contributed by atoms with van der Waals surface area (Å²) in [7, 11) is 3.07. The number of rotatable bonds is 7. The molecule has 2 aromatic heterocycles. The van der Waals surface area contributed by atoms with Crippen molar-refractivity contribution in [2.75, 3.05) is 25.3 Å². The topological polar surface area (TPSA) is 119 Å². The Morgan fingerprint density at radius 2 is 1.97 bits per heavy atom. The number of carbonyl (C=O) groups excluding carboxylic acids is 1. The molecule has 0 aliphatic carbocycles. The van der Waals surface area contributed by atoms with Crippen molar-refractivity contribution in [3.05, 3.63) is 46.1 Å². The molecule has 9 nitrogen and oxygen atoms in total. The third-order valence-corrected chi connectivity index (χ3v) is 4.86. The SMILES string of the molecule is COc1ccc(-c2c(C)nc(SCC(=O)Nc3cc(C)on3)[nH]c2=O)cc1OC. The van der Waals surface area contributed by atoms with Crippen LogP contribution in [-0.4, -0.2) is 41.0 Å². The van der Waals surface area contributed by atoms with Gasteiger partial charge in [0.1, 0.15) is 5.76 Å². The number of amides is 1. The number of benzene rings is 1. The molecule has 1 amide bonds. The van der Waals surface area contributed by atoms with Gasteiger partial charge in [-0.1, -0.05) is 23.0 Å². The third kappa shape index (κ3) is 4.77. The zero-order valence-corrected chi connectivity index (χ0v) is 17.2. The number of aromatic amines is 1. The molecule has 3 rings (SSSR count). The van der Waals surface area contributed by atoms with Crippen LogP contribution in [0.15, 0.2) is 38.7 Å².